The van der Waals surface area contributed by atoms with Gasteiger partial charge in [0.15, 0.2) is 0 Å². The van der Waals surface area contributed by atoms with E-state index in [1.165, 1.54) is 19.4 Å². The Morgan fingerprint density at radius 2 is 1.94 bits per heavy atom. The van der Waals surface area contributed by atoms with Crippen LogP contribution < -0.4 is 10.5 Å². The highest BCUT2D eigenvalue weighted by Gasteiger charge is 2.25. The zero-order chi connectivity index (χ0) is 13.0. The van der Waals surface area contributed by atoms with Crippen molar-refractivity contribution in [2.45, 2.75) is 32.7 Å². The van der Waals surface area contributed by atoms with Crippen molar-refractivity contribution in [2.75, 3.05) is 25.4 Å². The molecule has 0 bridgehead atoms. The summed E-state index contributed by atoms with van der Waals surface area (Å²) < 4.78 is 5.75. The highest BCUT2D eigenvalue weighted by atomic mass is 16.5. The summed E-state index contributed by atoms with van der Waals surface area (Å²) in [4.78, 5) is 2.51. The van der Waals surface area contributed by atoms with Crippen LogP contribution in [0, 0.1) is 5.92 Å². The number of nitrogen functional groups attached to an aromatic ring is 1. The molecule has 0 heterocycles. The lowest BCUT2D eigenvalue weighted by Gasteiger charge is -2.26. The molecule has 1 aromatic rings. The van der Waals surface area contributed by atoms with E-state index >= 15 is 0 Å². The minimum atomic E-state index is 0.598. The van der Waals surface area contributed by atoms with Crippen molar-refractivity contribution in [3.05, 3.63) is 24.3 Å². The average Bonchev–Trinajstić information content (AvgIpc) is 3.14. The lowest BCUT2D eigenvalue weighted by atomic mass is 10.2. The average molecular weight is 248 g/mol. The van der Waals surface area contributed by atoms with E-state index in [9.17, 15) is 0 Å². The van der Waals surface area contributed by atoms with E-state index in [-0.39, 0.29) is 0 Å². The highest BCUT2D eigenvalue weighted by molar-refractivity contribution is 5.41. The predicted molar refractivity (Wildman–Crippen MR) is 75.8 cm³/mol. The Morgan fingerprint density at radius 1 is 1.28 bits per heavy atom. The van der Waals surface area contributed by atoms with E-state index in [1.54, 1.807) is 0 Å². The molecule has 0 saturated heterocycles. The minimum Gasteiger partial charge on any atom is -0.492 e. The monoisotopic (exact) mass is 248 g/mol. The molecule has 1 aromatic carbocycles. The van der Waals surface area contributed by atoms with Crippen LogP contribution in [0.2, 0.25) is 0 Å². The standard InChI is InChI=1S/C15H24N2O/c1-12(2)17(11-13-3-4-13)9-10-18-15-7-5-14(16)6-8-15/h5-8,12-13H,3-4,9-11,16H2,1-2H3. The quantitative estimate of drug-likeness (QED) is 0.754. The van der Waals surface area contributed by atoms with Crippen molar-refractivity contribution >= 4 is 5.69 Å². The van der Waals surface area contributed by atoms with Gasteiger partial charge in [-0.1, -0.05) is 0 Å². The molecule has 0 unspecified atom stereocenters. The van der Waals surface area contributed by atoms with Gasteiger partial charge in [-0.2, -0.15) is 0 Å². The molecule has 0 spiro atoms. The summed E-state index contributed by atoms with van der Waals surface area (Å²) in [5, 5.41) is 0. The van der Waals surface area contributed by atoms with Crippen LogP contribution in [0.5, 0.6) is 5.75 Å². The second kappa shape index (κ2) is 6.10. The maximum atomic E-state index is 5.75. The van der Waals surface area contributed by atoms with Crippen LogP contribution in [0.1, 0.15) is 26.7 Å². The van der Waals surface area contributed by atoms with Gasteiger partial charge in [0.2, 0.25) is 0 Å². The van der Waals surface area contributed by atoms with Crippen LogP contribution in [0.15, 0.2) is 24.3 Å². The number of rotatable bonds is 7. The minimum absolute atomic E-state index is 0.598. The molecule has 2 rings (SSSR count). The number of hydrogen-bond donors (Lipinski definition) is 1. The molecule has 3 heteroatoms. The third-order valence-electron chi connectivity index (χ3n) is 3.45. The van der Waals surface area contributed by atoms with E-state index < -0.39 is 0 Å². The van der Waals surface area contributed by atoms with Gasteiger partial charge in [-0.3, -0.25) is 4.90 Å². The Morgan fingerprint density at radius 3 is 2.50 bits per heavy atom. The van der Waals surface area contributed by atoms with Crippen molar-refractivity contribution in [3.63, 3.8) is 0 Å². The lowest BCUT2D eigenvalue weighted by Crippen LogP contribution is -2.36. The molecule has 100 valence electrons. The molecule has 2 N–H and O–H groups in total. The van der Waals surface area contributed by atoms with Crippen molar-refractivity contribution in [1.82, 2.24) is 4.90 Å². The number of nitrogens with two attached hydrogens (primary N) is 1. The maximum absolute atomic E-state index is 5.75. The molecule has 0 aliphatic heterocycles. The fourth-order valence-electron chi connectivity index (χ4n) is 2.04. The van der Waals surface area contributed by atoms with Gasteiger partial charge >= 0.3 is 0 Å². The van der Waals surface area contributed by atoms with Crippen molar-refractivity contribution in [2.24, 2.45) is 5.92 Å². The number of anilines is 1. The summed E-state index contributed by atoms with van der Waals surface area (Å²) in [5.41, 5.74) is 6.42. The van der Waals surface area contributed by atoms with Gasteiger partial charge in [0.1, 0.15) is 12.4 Å². The largest absolute Gasteiger partial charge is 0.492 e. The molecule has 1 aliphatic carbocycles. The van der Waals surface area contributed by atoms with E-state index in [0.29, 0.717) is 6.04 Å². The summed E-state index contributed by atoms with van der Waals surface area (Å²) in [6.07, 6.45) is 2.81. The van der Waals surface area contributed by atoms with E-state index in [1.807, 2.05) is 24.3 Å². The van der Waals surface area contributed by atoms with Crippen LogP contribution >= 0.6 is 0 Å². The molecule has 3 nitrogen and oxygen atoms in total. The summed E-state index contributed by atoms with van der Waals surface area (Å²) in [5.74, 6) is 1.84. The van der Waals surface area contributed by atoms with E-state index in [4.69, 9.17) is 10.5 Å². The molecule has 18 heavy (non-hydrogen) atoms. The van der Waals surface area contributed by atoms with Crippen LogP contribution in [0.4, 0.5) is 5.69 Å². The first-order chi connectivity index (χ1) is 8.65. The highest BCUT2D eigenvalue weighted by Crippen LogP contribution is 2.30. The number of hydrogen-bond acceptors (Lipinski definition) is 3. The number of benzene rings is 1. The molecular formula is C15H24N2O. The smallest absolute Gasteiger partial charge is 0.119 e. The molecule has 1 fully saturated rings. The summed E-state index contributed by atoms with van der Waals surface area (Å²) in [6.45, 7) is 7.48. The first kappa shape index (κ1) is 13.2. The van der Waals surface area contributed by atoms with Gasteiger partial charge in [0.25, 0.3) is 0 Å². The van der Waals surface area contributed by atoms with Crippen molar-refractivity contribution < 1.29 is 4.74 Å². The maximum Gasteiger partial charge on any atom is 0.119 e. The third kappa shape index (κ3) is 4.22. The van der Waals surface area contributed by atoms with Crippen LogP contribution in [-0.2, 0) is 0 Å². The molecule has 0 atom stereocenters. The van der Waals surface area contributed by atoms with Crippen LogP contribution in [-0.4, -0.2) is 30.6 Å². The molecule has 0 aromatic heterocycles. The fraction of sp³-hybridized carbons (Fsp3) is 0.600. The third-order valence-corrected chi connectivity index (χ3v) is 3.45. The first-order valence-corrected chi connectivity index (χ1v) is 6.87. The van der Waals surface area contributed by atoms with Gasteiger partial charge in [0.05, 0.1) is 0 Å². The molecule has 0 amide bonds. The normalized spacial score (nSPS) is 15.3. The van der Waals surface area contributed by atoms with Crippen molar-refractivity contribution in [3.8, 4) is 5.75 Å². The number of ether oxygens (including phenoxy) is 1. The van der Waals surface area contributed by atoms with E-state index in [0.717, 1.165) is 30.5 Å². The second-order valence-corrected chi connectivity index (χ2v) is 5.45. The van der Waals surface area contributed by atoms with Gasteiger partial charge in [-0.15, -0.1) is 0 Å². The van der Waals surface area contributed by atoms with Crippen molar-refractivity contribution in [1.29, 1.82) is 0 Å². The first-order valence-electron chi connectivity index (χ1n) is 6.87. The van der Waals surface area contributed by atoms with Gasteiger partial charge in [0, 0.05) is 24.8 Å². The summed E-state index contributed by atoms with van der Waals surface area (Å²) in [7, 11) is 0. The zero-order valence-corrected chi connectivity index (χ0v) is 11.4. The Bertz CT molecular complexity index is 357. The Balaban J connectivity index is 1.73. The fourth-order valence-corrected chi connectivity index (χ4v) is 2.04. The SMILES string of the molecule is CC(C)N(CCOc1ccc(N)cc1)CC1CC1. The van der Waals surface area contributed by atoms with Crippen LogP contribution in [0.3, 0.4) is 0 Å². The van der Waals surface area contributed by atoms with E-state index in [2.05, 4.69) is 18.7 Å². The van der Waals surface area contributed by atoms with Gasteiger partial charge < -0.3 is 10.5 Å². The van der Waals surface area contributed by atoms with Crippen LogP contribution in [0.25, 0.3) is 0 Å². The Labute approximate surface area is 110 Å². The molecule has 1 saturated carbocycles. The predicted octanol–water partition coefficient (Wildman–Crippen LogP) is 2.77. The zero-order valence-electron chi connectivity index (χ0n) is 11.4. The number of nitrogens with zero attached hydrogens (tertiary/aromatic N) is 1. The molecule has 1 aliphatic rings. The Hall–Kier alpha value is -1.22. The Kier molecular flexibility index (Phi) is 4.48. The van der Waals surface area contributed by atoms with Gasteiger partial charge in [-0.05, 0) is 56.9 Å². The molecular weight excluding hydrogens is 224 g/mol. The molecule has 0 radical (unpaired) electrons. The lowest BCUT2D eigenvalue weighted by molar-refractivity contribution is 0.170. The topological polar surface area (TPSA) is 38.5 Å². The summed E-state index contributed by atoms with van der Waals surface area (Å²) in [6, 6.07) is 8.20. The summed E-state index contributed by atoms with van der Waals surface area (Å²) >= 11 is 0. The second-order valence-electron chi connectivity index (χ2n) is 5.45. The van der Waals surface area contributed by atoms with Gasteiger partial charge in [-0.25, -0.2) is 0 Å².